The van der Waals surface area contributed by atoms with Gasteiger partial charge in [-0.3, -0.25) is 4.98 Å². The number of anilines is 2. The molecule has 31 heavy (non-hydrogen) atoms. The zero-order chi connectivity index (χ0) is 21.7. The van der Waals surface area contributed by atoms with E-state index < -0.39 is 11.7 Å². The molecule has 4 rings (SSSR count). The van der Waals surface area contributed by atoms with Crippen LogP contribution in [0.3, 0.4) is 0 Å². The predicted octanol–water partition coefficient (Wildman–Crippen LogP) is 5.77. The third-order valence-electron chi connectivity index (χ3n) is 4.96. The topological polar surface area (TPSA) is 41.0 Å². The standard InChI is InChI=1S/C24H21F3N4/c25-24(26,27)19-9-10-20-21(11-13-28-22(20)16-19)29-14-15-31(23-8-4-5-12-30-23)17-18-6-2-1-3-7-18/h1-13,16H,14-15,17H2,(H,28,29). The van der Waals surface area contributed by atoms with Gasteiger partial charge in [0, 0.05) is 43.1 Å². The molecule has 1 N–H and O–H groups in total. The van der Waals surface area contributed by atoms with E-state index in [0.29, 0.717) is 30.5 Å². The summed E-state index contributed by atoms with van der Waals surface area (Å²) in [6.07, 6.45) is -1.11. The van der Waals surface area contributed by atoms with Gasteiger partial charge < -0.3 is 10.2 Å². The van der Waals surface area contributed by atoms with Gasteiger partial charge in [-0.25, -0.2) is 4.98 Å². The summed E-state index contributed by atoms with van der Waals surface area (Å²) >= 11 is 0. The molecule has 0 radical (unpaired) electrons. The van der Waals surface area contributed by atoms with Crippen LogP contribution in [0.4, 0.5) is 24.7 Å². The van der Waals surface area contributed by atoms with Gasteiger partial charge in [-0.1, -0.05) is 42.5 Å². The second kappa shape index (κ2) is 9.04. The van der Waals surface area contributed by atoms with Crippen LogP contribution < -0.4 is 10.2 Å². The van der Waals surface area contributed by atoms with Gasteiger partial charge in [-0.2, -0.15) is 13.2 Å². The Labute approximate surface area is 178 Å². The van der Waals surface area contributed by atoms with Crippen LogP contribution in [0.1, 0.15) is 11.1 Å². The largest absolute Gasteiger partial charge is 0.416 e. The molecule has 158 valence electrons. The van der Waals surface area contributed by atoms with E-state index in [1.165, 1.54) is 17.8 Å². The fourth-order valence-corrected chi connectivity index (χ4v) is 3.42. The maximum absolute atomic E-state index is 13.0. The Bertz CT molecular complexity index is 1130. The number of nitrogens with zero attached hydrogens (tertiary/aromatic N) is 3. The fraction of sp³-hybridized carbons (Fsp3) is 0.167. The third-order valence-corrected chi connectivity index (χ3v) is 4.96. The summed E-state index contributed by atoms with van der Waals surface area (Å²) in [7, 11) is 0. The normalized spacial score (nSPS) is 11.5. The summed E-state index contributed by atoms with van der Waals surface area (Å²) in [4.78, 5) is 10.7. The highest BCUT2D eigenvalue weighted by molar-refractivity contribution is 5.91. The molecule has 0 fully saturated rings. The number of hydrogen-bond acceptors (Lipinski definition) is 4. The van der Waals surface area contributed by atoms with E-state index in [1.54, 1.807) is 12.3 Å². The highest BCUT2D eigenvalue weighted by Crippen LogP contribution is 2.32. The van der Waals surface area contributed by atoms with Gasteiger partial charge in [-0.15, -0.1) is 0 Å². The lowest BCUT2D eigenvalue weighted by molar-refractivity contribution is -0.137. The Balaban J connectivity index is 1.50. The molecule has 0 saturated carbocycles. The number of rotatable bonds is 7. The average molecular weight is 422 g/mol. The van der Waals surface area contributed by atoms with Crippen molar-refractivity contribution in [2.75, 3.05) is 23.3 Å². The molecule has 2 aromatic carbocycles. The van der Waals surface area contributed by atoms with Crippen molar-refractivity contribution in [1.82, 2.24) is 9.97 Å². The SMILES string of the molecule is FC(F)(F)c1ccc2c(NCCN(Cc3ccccc3)c3ccccn3)ccnc2c1. The van der Waals surface area contributed by atoms with Gasteiger partial charge in [0.05, 0.1) is 11.1 Å². The Kier molecular flexibility index (Phi) is 6.02. The molecule has 0 saturated heterocycles. The first-order chi connectivity index (χ1) is 15.0. The van der Waals surface area contributed by atoms with Crippen molar-refractivity contribution in [3.63, 3.8) is 0 Å². The van der Waals surface area contributed by atoms with Crippen LogP contribution in [0.15, 0.2) is 85.2 Å². The van der Waals surface area contributed by atoms with Crippen molar-refractivity contribution in [1.29, 1.82) is 0 Å². The summed E-state index contributed by atoms with van der Waals surface area (Å²) in [5.74, 6) is 0.863. The van der Waals surface area contributed by atoms with Gasteiger partial charge in [-0.05, 0) is 35.9 Å². The van der Waals surface area contributed by atoms with Crippen molar-refractivity contribution < 1.29 is 13.2 Å². The van der Waals surface area contributed by atoms with Gasteiger partial charge in [0.25, 0.3) is 0 Å². The van der Waals surface area contributed by atoms with Crippen molar-refractivity contribution in [2.45, 2.75) is 12.7 Å². The minimum atomic E-state index is -4.39. The molecule has 0 unspecified atom stereocenters. The molecule has 0 bridgehead atoms. The van der Waals surface area contributed by atoms with Crippen molar-refractivity contribution in [3.8, 4) is 0 Å². The molecule has 0 amide bonds. The zero-order valence-corrected chi connectivity index (χ0v) is 16.7. The second-order valence-corrected chi connectivity index (χ2v) is 7.11. The molecule has 0 spiro atoms. The molecule has 4 aromatic rings. The highest BCUT2D eigenvalue weighted by atomic mass is 19.4. The smallest absolute Gasteiger partial charge is 0.383 e. The maximum atomic E-state index is 13.0. The number of hydrogen-bond donors (Lipinski definition) is 1. The van der Waals surface area contributed by atoms with Crippen LogP contribution in [-0.4, -0.2) is 23.1 Å². The summed E-state index contributed by atoms with van der Waals surface area (Å²) in [6, 6.07) is 21.3. The summed E-state index contributed by atoms with van der Waals surface area (Å²) in [6.45, 7) is 1.95. The number of pyridine rings is 2. The molecule has 2 aromatic heterocycles. The van der Waals surface area contributed by atoms with E-state index in [2.05, 4.69) is 32.3 Å². The van der Waals surface area contributed by atoms with Crippen LogP contribution in [0, 0.1) is 0 Å². The third kappa shape index (κ3) is 5.12. The molecule has 4 nitrogen and oxygen atoms in total. The van der Waals surface area contributed by atoms with Gasteiger partial charge in [0.15, 0.2) is 0 Å². The monoisotopic (exact) mass is 422 g/mol. The van der Waals surface area contributed by atoms with Crippen molar-refractivity contribution in [2.24, 2.45) is 0 Å². The molecule has 0 aliphatic rings. The number of aromatic nitrogens is 2. The lowest BCUT2D eigenvalue weighted by Gasteiger charge is -2.24. The molecular weight excluding hydrogens is 401 g/mol. The number of halogens is 3. The van der Waals surface area contributed by atoms with Crippen molar-refractivity contribution in [3.05, 3.63) is 96.3 Å². The summed E-state index contributed by atoms with van der Waals surface area (Å²) in [5.41, 5.74) is 1.53. The molecule has 7 heteroatoms. The lowest BCUT2D eigenvalue weighted by Crippen LogP contribution is -2.29. The van der Waals surface area contributed by atoms with E-state index in [9.17, 15) is 13.2 Å². The lowest BCUT2D eigenvalue weighted by atomic mass is 10.1. The first-order valence-electron chi connectivity index (χ1n) is 9.90. The van der Waals surface area contributed by atoms with E-state index in [4.69, 9.17) is 0 Å². The maximum Gasteiger partial charge on any atom is 0.416 e. The molecular formula is C24H21F3N4. The van der Waals surface area contributed by atoms with Gasteiger partial charge in [0.1, 0.15) is 5.82 Å². The Morgan fingerprint density at radius 2 is 1.65 bits per heavy atom. The van der Waals surface area contributed by atoms with E-state index >= 15 is 0 Å². The van der Waals surface area contributed by atoms with Crippen molar-refractivity contribution >= 4 is 22.4 Å². The quantitative estimate of drug-likeness (QED) is 0.411. The van der Waals surface area contributed by atoms with Crippen LogP contribution in [0.5, 0.6) is 0 Å². The van der Waals surface area contributed by atoms with Crippen LogP contribution in [0.25, 0.3) is 10.9 Å². The molecule has 2 heterocycles. The molecule has 0 aliphatic carbocycles. The number of benzene rings is 2. The summed E-state index contributed by atoms with van der Waals surface area (Å²) < 4.78 is 39.0. The van der Waals surface area contributed by atoms with Crippen LogP contribution in [0.2, 0.25) is 0 Å². The predicted molar refractivity (Wildman–Crippen MR) is 117 cm³/mol. The Morgan fingerprint density at radius 1 is 0.839 bits per heavy atom. The molecule has 0 aliphatic heterocycles. The Morgan fingerprint density at radius 3 is 2.39 bits per heavy atom. The second-order valence-electron chi connectivity index (χ2n) is 7.11. The average Bonchev–Trinajstić information content (AvgIpc) is 2.79. The summed E-state index contributed by atoms with van der Waals surface area (Å²) in [5, 5.41) is 4.00. The number of fused-ring (bicyclic) bond motifs is 1. The van der Waals surface area contributed by atoms with Crippen LogP contribution in [-0.2, 0) is 12.7 Å². The van der Waals surface area contributed by atoms with E-state index in [-0.39, 0.29) is 0 Å². The number of nitrogens with one attached hydrogen (secondary N) is 1. The Hall–Kier alpha value is -3.61. The van der Waals surface area contributed by atoms with Gasteiger partial charge in [0.2, 0.25) is 0 Å². The van der Waals surface area contributed by atoms with Gasteiger partial charge >= 0.3 is 6.18 Å². The highest BCUT2D eigenvalue weighted by Gasteiger charge is 2.30. The van der Waals surface area contributed by atoms with E-state index in [1.807, 2.05) is 36.4 Å². The fourth-order valence-electron chi connectivity index (χ4n) is 3.42. The molecule has 0 atom stereocenters. The first-order valence-corrected chi connectivity index (χ1v) is 9.90. The number of alkyl halides is 3. The zero-order valence-electron chi connectivity index (χ0n) is 16.7. The minimum absolute atomic E-state index is 0.311. The minimum Gasteiger partial charge on any atom is -0.383 e. The van der Waals surface area contributed by atoms with Crippen LogP contribution >= 0.6 is 0 Å². The van der Waals surface area contributed by atoms with E-state index in [0.717, 1.165) is 23.6 Å². The first kappa shape index (κ1) is 20.7.